The van der Waals surface area contributed by atoms with E-state index in [9.17, 15) is 0 Å². The standard InChI is InChI=1S/C17H30N2O/c1-3-17(15(2)19-11-9-18-10-12-19)8-7-16-6-4-5-13-20-14-16/h3,7-8,15-16,18H,4-6,9-14H2,1-2H3/b8-7-,17-3+. The van der Waals surface area contributed by atoms with Crippen molar-refractivity contribution in [2.24, 2.45) is 5.92 Å². The van der Waals surface area contributed by atoms with E-state index in [4.69, 9.17) is 4.74 Å². The van der Waals surface area contributed by atoms with E-state index in [2.05, 4.69) is 42.3 Å². The normalized spacial score (nSPS) is 28.5. The van der Waals surface area contributed by atoms with Crippen LogP contribution in [0.5, 0.6) is 0 Å². The molecule has 2 atom stereocenters. The number of hydrogen-bond acceptors (Lipinski definition) is 3. The molecule has 2 unspecified atom stereocenters. The summed E-state index contributed by atoms with van der Waals surface area (Å²) in [6.45, 7) is 10.9. The zero-order valence-corrected chi connectivity index (χ0v) is 13.1. The third-order valence-corrected chi connectivity index (χ3v) is 4.52. The van der Waals surface area contributed by atoms with Crippen molar-refractivity contribution in [1.29, 1.82) is 0 Å². The molecule has 0 bridgehead atoms. The van der Waals surface area contributed by atoms with Gasteiger partial charge in [-0.05, 0) is 32.3 Å². The Bertz CT molecular complexity index is 324. The first-order valence-electron chi connectivity index (χ1n) is 8.18. The molecule has 0 saturated carbocycles. The highest BCUT2D eigenvalue weighted by atomic mass is 16.5. The summed E-state index contributed by atoms with van der Waals surface area (Å²) in [5, 5.41) is 3.42. The molecule has 114 valence electrons. The van der Waals surface area contributed by atoms with Crippen LogP contribution in [0.1, 0.15) is 33.1 Å². The second kappa shape index (κ2) is 8.60. The molecule has 0 spiro atoms. The predicted octanol–water partition coefficient (Wildman–Crippen LogP) is 2.60. The maximum absolute atomic E-state index is 5.66. The summed E-state index contributed by atoms with van der Waals surface area (Å²) in [6.07, 6.45) is 10.8. The van der Waals surface area contributed by atoms with Crippen LogP contribution in [0, 0.1) is 5.92 Å². The molecule has 2 aliphatic heterocycles. The summed E-state index contributed by atoms with van der Waals surface area (Å²) >= 11 is 0. The quantitative estimate of drug-likeness (QED) is 0.800. The average Bonchev–Trinajstić information content (AvgIpc) is 2.77. The zero-order chi connectivity index (χ0) is 14.2. The molecule has 2 fully saturated rings. The Morgan fingerprint density at radius 3 is 2.85 bits per heavy atom. The van der Waals surface area contributed by atoms with Crippen LogP contribution in [0.3, 0.4) is 0 Å². The summed E-state index contributed by atoms with van der Waals surface area (Å²) in [4.78, 5) is 2.57. The molecule has 1 N–H and O–H groups in total. The predicted molar refractivity (Wildman–Crippen MR) is 85.0 cm³/mol. The van der Waals surface area contributed by atoms with Crippen molar-refractivity contribution in [3.63, 3.8) is 0 Å². The Morgan fingerprint density at radius 1 is 1.30 bits per heavy atom. The van der Waals surface area contributed by atoms with Gasteiger partial charge < -0.3 is 10.1 Å². The third-order valence-electron chi connectivity index (χ3n) is 4.52. The molecule has 0 aromatic rings. The Morgan fingerprint density at radius 2 is 2.10 bits per heavy atom. The molecule has 0 amide bonds. The first kappa shape index (κ1) is 15.7. The third kappa shape index (κ3) is 4.72. The van der Waals surface area contributed by atoms with Crippen molar-refractivity contribution in [3.05, 3.63) is 23.8 Å². The highest BCUT2D eigenvalue weighted by Crippen LogP contribution is 2.18. The fraction of sp³-hybridized carbons (Fsp3) is 0.765. The van der Waals surface area contributed by atoms with Crippen LogP contribution in [0.4, 0.5) is 0 Å². The first-order chi connectivity index (χ1) is 9.81. The molecule has 0 radical (unpaired) electrons. The van der Waals surface area contributed by atoms with Crippen LogP contribution in [0.15, 0.2) is 23.8 Å². The van der Waals surface area contributed by atoms with Crippen molar-refractivity contribution in [2.75, 3.05) is 39.4 Å². The van der Waals surface area contributed by atoms with Crippen LogP contribution in [0.2, 0.25) is 0 Å². The SMILES string of the molecule is C/C=C(\C=C/C1CCCCOC1)C(C)N1CCNCC1. The van der Waals surface area contributed by atoms with Gasteiger partial charge in [0.2, 0.25) is 0 Å². The maximum atomic E-state index is 5.66. The van der Waals surface area contributed by atoms with Gasteiger partial charge in [0.25, 0.3) is 0 Å². The number of ether oxygens (including phenoxy) is 1. The van der Waals surface area contributed by atoms with Crippen molar-refractivity contribution in [3.8, 4) is 0 Å². The van der Waals surface area contributed by atoms with Gasteiger partial charge in [-0.1, -0.05) is 24.6 Å². The average molecular weight is 278 g/mol. The van der Waals surface area contributed by atoms with Gasteiger partial charge in [-0.15, -0.1) is 0 Å². The summed E-state index contributed by atoms with van der Waals surface area (Å²) in [6, 6.07) is 0.519. The topological polar surface area (TPSA) is 24.5 Å². The maximum Gasteiger partial charge on any atom is 0.0528 e. The van der Waals surface area contributed by atoms with Crippen LogP contribution in [-0.4, -0.2) is 50.3 Å². The molecular formula is C17H30N2O. The van der Waals surface area contributed by atoms with E-state index in [1.54, 1.807) is 0 Å². The molecule has 0 aromatic heterocycles. The number of nitrogens with one attached hydrogen (secondary N) is 1. The lowest BCUT2D eigenvalue weighted by atomic mass is 9.99. The van der Waals surface area contributed by atoms with Crippen LogP contribution < -0.4 is 5.32 Å². The lowest BCUT2D eigenvalue weighted by molar-refractivity contribution is 0.127. The van der Waals surface area contributed by atoms with Gasteiger partial charge >= 0.3 is 0 Å². The molecule has 2 rings (SSSR count). The number of allylic oxidation sites excluding steroid dienone is 1. The Labute approximate surface area is 124 Å². The van der Waals surface area contributed by atoms with Crippen molar-refractivity contribution in [2.45, 2.75) is 39.2 Å². The molecule has 3 heteroatoms. The van der Waals surface area contributed by atoms with Crippen molar-refractivity contribution < 1.29 is 4.74 Å². The summed E-state index contributed by atoms with van der Waals surface area (Å²) in [5.41, 5.74) is 1.44. The molecule has 2 aliphatic rings. The summed E-state index contributed by atoms with van der Waals surface area (Å²) in [5.74, 6) is 0.600. The Balaban J connectivity index is 1.90. The van der Waals surface area contributed by atoms with E-state index in [-0.39, 0.29) is 0 Å². The van der Waals surface area contributed by atoms with Gasteiger partial charge in [0.1, 0.15) is 0 Å². The lowest BCUT2D eigenvalue weighted by Gasteiger charge is -2.33. The summed E-state index contributed by atoms with van der Waals surface area (Å²) < 4.78 is 5.66. The molecule has 0 aromatic carbocycles. The van der Waals surface area contributed by atoms with Gasteiger partial charge in [0.05, 0.1) is 6.61 Å². The molecule has 0 aliphatic carbocycles. The second-order valence-corrected chi connectivity index (χ2v) is 5.94. The van der Waals surface area contributed by atoms with E-state index in [1.807, 2.05) is 0 Å². The van der Waals surface area contributed by atoms with Crippen LogP contribution >= 0.6 is 0 Å². The van der Waals surface area contributed by atoms with Crippen molar-refractivity contribution >= 4 is 0 Å². The lowest BCUT2D eigenvalue weighted by Crippen LogP contribution is -2.47. The molecule has 20 heavy (non-hydrogen) atoms. The Kier molecular flexibility index (Phi) is 6.77. The van der Waals surface area contributed by atoms with Gasteiger partial charge in [-0.25, -0.2) is 0 Å². The number of hydrogen-bond donors (Lipinski definition) is 1. The minimum atomic E-state index is 0.519. The molecule has 3 nitrogen and oxygen atoms in total. The van der Waals surface area contributed by atoms with E-state index >= 15 is 0 Å². The van der Waals surface area contributed by atoms with Crippen LogP contribution in [-0.2, 0) is 4.74 Å². The molecule has 2 heterocycles. The fourth-order valence-corrected chi connectivity index (χ4v) is 3.08. The van der Waals surface area contributed by atoms with Crippen LogP contribution in [0.25, 0.3) is 0 Å². The smallest absolute Gasteiger partial charge is 0.0528 e. The van der Waals surface area contributed by atoms with E-state index < -0.39 is 0 Å². The Hall–Kier alpha value is -0.640. The highest BCUT2D eigenvalue weighted by Gasteiger charge is 2.18. The van der Waals surface area contributed by atoms with E-state index in [0.717, 1.165) is 39.4 Å². The van der Waals surface area contributed by atoms with Crippen molar-refractivity contribution in [1.82, 2.24) is 10.2 Å². The second-order valence-electron chi connectivity index (χ2n) is 5.94. The first-order valence-corrected chi connectivity index (χ1v) is 8.18. The minimum Gasteiger partial charge on any atom is -0.381 e. The fourth-order valence-electron chi connectivity index (χ4n) is 3.08. The number of nitrogens with zero attached hydrogens (tertiary/aromatic N) is 1. The monoisotopic (exact) mass is 278 g/mol. The largest absolute Gasteiger partial charge is 0.381 e. The zero-order valence-electron chi connectivity index (χ0n) is 13.1. The van der Waals surface area contributed by atoms with E-state index in [0.29, 0.717) is 12.0 Å². The molecule has 2 saturated heterocycles. The highest BCUT2D eigenvalue weighted by molar-refractivity contribution is 5.24. The number of piperazine rings is 1. The summed E-state index contributed by atoms with van der Waals surface area (Å²) in [7, 11) is 0. The minimum absolute atomic E-state index is 0.519. The van der Waals surface area contributed by atoms with Gasteiger partial charge in [0.15, 0.2) is 0 Å². The van der Waals surface area contributed by atoms with E-state index in [1.165, 1.54) is 24.8 Å². The van der Waals surface area contributed by atoms with Gasteiger partial charge in [0, 0.05) is 44.7 Å². The molecular weight excluding hydrogens is 248 g/mol. The number of rotatable bonds is 4. The van der Waals surface area contributed by atoms with Gasteiger partial charge in [-0.3, -0.25) is 4.90 Å². The van der Waals surface area contributed by atoms with Gasteiger partial charge in [-0.2, -0.15) is 0 Å².